The van der Waals surface area contributed by atoms with Gasteiger partial charge < -0.3 is 10.6 Å². The number of amides is 2. The van der Waals surface area contributed by atoms with Crippen molar-refractivity contribution in [3.63, 3.8) is 0 Å². The van der Waals surface area contributed by atoms with Crippen LogP contribution in [-0.2, 0) is 22.7 Å². The molecule has 2 heterocycles. The van der Waals surface area contributed by atoms with E-state index in [1.807, 2.05) is 4.90 Å². The third-order valence-electron chi connectivity index (χ3n) is 3.98. The van der Waals surface area contributed by atoms with Gasteiger partial charge >= 0.3 is 0 Å². The van der Waals surface area contributed by atoms with Crippen LogP contribution < -0.4 is 10.6 Å². The largest absolute Gasteiger partial charge is 0.353 e. The number of nitrogens with one attached hydrogen (secondary N) is 3. The van der Waals surface area contributed by atoms with E-state index in [9.17, 15) is 14.0 Å². The highest BCUT2D eigenvalue weighted by atomic mass is 19.1. The number of tetrazole rings is 1. The van der Waals surface area contributed by atoms with Crippen molar-refractivity contribution in [1.29, 1.82) is 0 Å². The summed E-state index contributed by atoms with van der Waals surface area (Å²) in [5.74, 6) is -0.527. The number of carbonyl (C=O) groups excluding carboxylic acids is 2. The summed E-state index contributed by atoms with van der Waals surface area (Å²) >= 11 is 0. The Bertz CT molecular complexity index is 737. The topological polar surface area (TPSA) is 116 Å². The normalized spacial score (nSPS) is 18.0. The Hall–Kier alpha value is -2.88. The molecular weight excluding hydrogens is 329 g/mol. The quantitative estimate of drug-likeness (QED) is 0.639. The van der Waals surface area contributed by atoms with Gasteiger partial charge in [-0.05, 0) is 6.07 Å². The molecule has 2 aromatic rings. The van der Waals surface area contributed by atoms with Crippen molar-refractivity contribution in [2.75, 3.05) is 13.1 Å². The number of nitrogens with zero attached hydrogens (tertiary/aromatic N) is 4. The number of hydrogen-bond donors (Lipinski definition) is 3. The van der Waals surface area contributed by atoms with Crippen LogP contribution in [-0.4, -0.2) is 56.5 Å². The van der Waals surface area contributed by atoms with Crippen LogP contribution in [0.4, 0.5) is 4.39 Å². The molecule has 0 spiro atoms. The molecule has 3 rings (SSSR count). The molecule has 132 valence electrons. The van der Waals surface area contributed by atoms with Gasteiger partial charge in [0.25, 0.3) is 0 Å². The van der Waals surface area contributed by atoms with Crippen molar-refractivity contribution in [3.8, 4) is 0 Å². The molecule has 0 aliphatic carbocycles. The molecule has 0 bridgehead atoms. The minimum absolute atomic E-state index is 0.0296. The fourth-order valence-electron chi connectivity index (χ4n) is 2.70. The Morgan fingerprint density at radius 3 is 3.00 bits per heavy atom. The second-order valence-electron chi connectivity index (χ2n) is 5.68. The Morgan fingerprint density at radius 2 is 2.24 bits per heavy atom. The summed E-state index contributed by atoms with van der Waals surface area (Å²) in [6.07, 6.45) is -0.0296. The zero-order valence-corrected chi connectivity index (χ0v) is 13.4. The first-order valence-electron chi connectivity index (χ1n) is 7.87. The molecule has 1 fully saturated rings. The molecule has 0 saturated carbocycles. The molecule has 1 aliphatic rings. The van der Waals surface area contributed by atoms with Gasteiger partial charge in [0, 0.05) is 25.2 Å². The molecule has 1 unspecified atom stereocenters. The van der Waals surface area contributed by atoms with Crippen molar-refractivity contribution < 1.29 is 14.0 Å². The summed E-state index contributed by atoms with van der Waals surface area (Å²) < 4.78 is 13.9. The van der Waals surface area contributed by atoms with Gasteiger partial charge in [-0.3, -0.25) is 14.5 Å². The molecule has 0 radical (unpaired) electrons. The van der Waals surface area contributed by atoms with Crippen LogP contribution in [0.25, 0.3) is 0 Å². The Labute approximate surface area is 143 Å². The van der Waals surface area contributed by atoms with Gasteiger partial charge in [0.1, 0.15) is 5.82 Å². The second-order valence-corrected chi connectivity index (χ2v) is 5.68. The summed E-state index contributed by atoms with van der Waals surface area (Å²) in [4.78, 5) is 26.1. The second kappa shape index (κ2) is 7.79. The van der Waals surface area contributed by atoms with Crippen molar-refractivity contribution in [2.24, 2.45) is 0 Å². The first-order valence-corrected chi connectivity index (χ1v) is 7.87. The van der Waals surface area contributed by atoms with Crippen LogP contribution in [0.1, 0.15) is 17.8 Å². The van der Waals surface area contributed by atoms with Gasteiger partial charge in [0.15, 0.2) is 5.82 Å². The van der Waals surface area contributed by atoms with E-state index in [0.717, 1.165) is 0 Å². The van der Waals surface area contributed by atoms with Crippen LogP contribution in [0.3, 0.4) is 0 Å². The lowest BCUT2D eigenvalue weighted by Gasteiger charge is -2.34. The van der Waals surface area contributed by atoms with Crippen molar-refractivity contribution in [3.05, 3.63) is 41.5 Å². The number of benzene rings is 1. The molecule has 10 heteroatoms. The highest BCUT2D eigenvalue weighted by Crippen LogP contribution is 2.16. The molecule has 1 aromatic heterocycles. The predicted molar refractivity (Wildman–Crippen MR) is 84.2 cm³/mol. The van der Waals surface area contributed by atoms with Crippen molar-refractivity contribution in [2.45, 2.75) is 25.6 Å². The summed E-state index contributed by atoms with van der Waals surface area (Å²) in [6.45, 7) is 1.40. The third kappa shape index (κ3) is 4.35. The van der Waals surface area contributed by atoms with E-state index >= 15 is 0 Å². The maximum Gasteiger partial charge on any atom is 0.237 e. The van der Waals surface area contributed by atoms with Crippen LogP contribution in [0.2, 0.25) is 0 Å². The minimum atomic E-state index is -0.654. The van der Waals surface area contributed by atoms with Gasteiger partial charge in [0.2, 0.25) is 11.8 Å². The molecule has 1 aliphatic heterocycles. The van der Waals surface area contributed by atoms with Gasteiger partial charge in [0.05, 0.1) is 19.0 Å². The molecule has 3 N–H and O–H groups in total. The SMILES string of the molecule is O=C(CC1C(=O)NCCN1Cc1ccccc1F)NCc1nn[nH]n1. The summed E-state index contributed by atoms with van der Waals surface area (Å²) in [6, 6.07) is 5.76. The molecule has 9 nitrogen and oxygen atoms in total. The first kappa shape index (κ1) is 17.0. The van der Waals surface area contributed by atoms with E-state index in [2.05, 4.69) is 31.3 Å². The maximum atomic E-state index is 13.9. The van der Waals surface area contributed by atoms with Crippen LogP contribution in [0.15, 0.2) is 24.3 Å². The molecule has 1 aromatic carbocycles. The van der Waals surface area contributed by atoms with E-state index in [1.54, 1.807) is 18.2 Å². The molecular formula is C15H18FN7O2. The van der Waals surface area contributed by atoms with E-state index in [0.29, 0.717) is 24.5 Å². The van der Waals surface area contributed by atoms with E-state index in [-0.39, 0.29) is 37.1 Å². The zero-order valence-electron chi connectivity index (χ0n) is 13.4. The lowest BCUT2D eigenvalue weighted by atomic mass is 10.1. The van der Waals surface area contributed by atoms with Gasteiger partial charge in [-0.1, -0.05) is 23.4 Å². The van der Waals surface area contributed by atoms with Gasteiger partial charge in [-0.15, -0.1) is 10.2 Å². The lowest BCUT2D eigenvalue weighted by Crippen LogP contribution is -2.56. The summed E-state index contributed by atoms with van der Waals surface area (Å²) in [7, 11) is 0. The number of H-pyrrole nitrogens is 1. The van der Waals surface area contributed by atoms with E-state index in [1.165, 1.54) is 6.07 Å². The van der Waals surface area contributed by atoms with Gasteiger partial charge in [-0.25, -0.2) is 4.39 Å². The van der Waals surface area contributed by atoms with Crippen molar-refractivity contribution in [1.82, 2.24) is 36.2 Å². The Kier molecular flexibility index (Phi) is 5.29. The average Bonchev–Trinajstić information content (AvgIpc) is 3.12. The average molecular weight is 347 g/mol. The van der Waals surface area contributed by atoms with Crippen molar-refractivity contribution >= 4 is 11.8 Å². The molecule has 2 amide bonds. The number of aromatic nitrogens is 4. The summed E-state index contributed by atoms with van der Waals surface area (Å²) in [5.41, 5.74) is 0.495. The number of rotatable bonds is 6. The monoisotopic (exact) mass is 347 g/mol. The minimum Gasteiger partial charge on any atom is -0.353 e. The Morgan fingerprint density at radius 1 is 1.40 bits per heavy atom. The molecule has 25 heavy (non-hydrogen) atoms. The van der Waals surface area contributed by atoms with Crippen LogP contribution in [0, 0.1) is 5.82 Å². The maximum absolute atomic E-state index is 13.9. The fourth-order valence-corrected chi connectivity index (χ4v) is 2.70. The highest BCUT2D eigenvalue weighted by molar-refractivity contribution is 5.88. The number of halogens is 1. The number of carbonyl (C=O) groups is 2. The number of hydrogen-bond acceptors (Lipinski definition) is 6. The molecule has 1 saturated heterocycles. The number of piperazine rings is 1. The van der Waals surface area contributed by atoms with Gasteiger partial charge in [-0.2, -0.15) is 5.21 Å². The smallest absolute Gasteiger partial charge is 0.237 e. The lowest BCUT2D eigenvalue weighted by molar-refractivity contribution is -0.134. The standard InChI is InChI=1S/C15H18FN7O2/c16-11-4-2-1-3-10(11)9-23-6-5-17-15(25)12(23)7-14(24)18-8-13-19-21-22-20-13/h1-4,12H,5-9H2,(H,17,25)(H,18,24)(H,19,20,21,22). The highest BCUT2D eigenvalue weighted by Gasteiger charge is 2.31. The Balaban J connectivity index is 1.62. The summed E-state index contributed by atoms with van der Waals surface area (Å²) in [5, 5.41) is 18.6. The van der Waals surface area contributed by atoms with Crippen LogP contribution >= 0.6 is 0 Å². The first-order chi connectivity index (χ1) is 12.1. The van der Waals surface area contributed by atoms with E-state index < -0.39 is 6.04 Å². The van der Waals surface area contributed by atoms with Crippen LogP contribution in [0.5, 0.6) is 0 Å². The third-order valence-corrected chi connectivity index (χ3v) is 3.98. The van der Waals surface area contributed by atoms with E-state index in [4.69, 9.17) is 0 Å². The fraction of sp³-hybridized carbons (Fsp3) is 0.400. The molecule has 1 atom stereocenters. The number of aromatic amines is 1. The predicted octanol–water partition coefficient (Wildman–Crippen LogP) is -0.654. The zero-order chi connectivity index (χ0) is 17.6.